The number of para-hydroxylation sites is 6. The van der Waals surface area contributed by atoms with Gasteiger partial charge in [0.2, 0.25) is 0 Å². The second-order valence-electron chi connectivity index (χ2n) is 16.6. The smallest absolute Gasteiger partial charge is 0.151 e. The molecule has 2 fully saturated rings. The first kappa shape index (κ1) is 37.2. The predicted octanol–water partition coefficient (Wildman–Crippen LogP) is 16.9. The highest BCUT2D eigenvalue weighted by Crippen LogP contribution is 2.65. The first-order valence-electron chi connectivity index (χ1n) is 21.7. The van der Waals surface area contributed by atoms with Crippen molar-refractivity contribution in [2.24, 2.45) is 0 Å². The molecule has 298 valence electrons. The first-order chi connectivity index (χ1) is 29.7. The van der Waals surface area contributed by atoms with Crippen LogP contribution in [0.15, 0.2) is 155 Å². The molecule has 0 amide bonds. The van der Waals surface area contributed by atoms with E-state index in [-0.39, 0.29) is 23.5 Å². The molecule has 11 rings (SSSR count). The summed E-state index contributed by atoms with van der Waals surface area (Å²) in [6.07, 6.45) is 10.4. The van der Waals surface area contributed by atoms with Gasteiger partial charge in [0.1, 0.15) is 11.6 Å². The van der Waals surface area contributed by atoms with Crippen LogP contribution in [-0.4, -0.2) is 0 Å². The van der Waals surface area contributed by atoms with E-state index in [0.717, 1.165) is 142 Å². The Balaban J connectivity index is 1.42. The maximum Gasteiger partial charge on any atom is 0.151 e. The Labute approximate surface area is 355 Å². The van der Waals surface area contributed by atoms with Gasteiger partial charge in [0.05, 0.1) is 34.1 Å². The number of ether oxygens (including phenoxy) is 1. The number of nitrogens with zero attached hydrogens (tertiary/aromatic N) is 2. The molecule has 3 nitrogen and oxygen atoms in total. The largest absolute Gasteiger partial charge is 0.453 e. The molecule has 7 aromatic rings. The second-order valence-corrected chi connectivity index (χ2v) is 17.7. The van der Waals surface area contributed by atoms with Crippen molar-refractivity contribution in [2.75, 3.05) is 9.80 Å². The molecule has 2 saturated carbocycles. The van der Waals surface area contributed by atoms with Crippen LogP contribution in [0.4, 0.5) is 42.9 Å². The van der Waals surface area contributed by atoms with Crippen LogP contribution in [0, 0.1) is 11.6 Å². The minimum absolute atomic E-state index is 0.0528. The lowest BCUT2D eigenvalue weighted by Crippen LogP contribution is -2.26. The Kier molecular flexibility index (Phi) is 9.69. The number of hydrogen-bond acceptors (Lipinski definition) is 4. The lowest BCUT2D eigenvalue weighted by atomic mass is 9.71. The molecule has 60 heavy (non-hydrogen) atoms. The fourth-order valence-corrected chi connectivity index (χ4v) is 11.6. The van der Waals surface area contributed by atoms with Crippen molar-refractivity contribution in [3.63, 3.8) is 0 Å². The van der Waals surface area contributed by atoms with Crippen LogP contribution in [0.5, 0.6) is 11.5 Å². The third-order valence-electron chi connectivity index (χ3n) is 13.1. The van der Waals surface area contributed by atoms with E-state index in [1.54, 1.807) is 36.0 Å². The lowest BCUT2D eigenvalue weighted by molar-refractivity contribution is 0.440. The molecule has 6 heteroatoms. The maximum atomic E-state index is 17.3. The fourth-order valence-electron chi connectivity index (χ4n) is 10.6. The molecule has 0 spiro atoms. The molecule has 0 atom stereocenters. The predicted molar refractivity (Wildman–Crippen MR) is 242 cm³/mol. The van der Waals surface area contributed by atoms with Crippen molar-refractivity contribution in [1.29, 1.82) is 0 Å². The minimum Gasteiger partial charge on any atom is -0.453 e. The van der Waals surface area contributed by atoms with E-state index in [1.165, 1.54) is 0 Å². The van der Waals surface area contributed by atoms with Gasteiger partial charge in [0.25, 0.3) is 0 Å². The zero-order valence-corrected chi connectivity index (χ0v) is 34.4. The van der Waals surface area contributed by atoms with E-state index < -0.39 is 0 Å². The molecule has 0 radical (unpaired) electrons. The Morgan fingerprint density at radius 3 is 1.28 bits per heavy atom. The van der Waals surface area contributed by atoms with Crippen LogP contribution in [-0.2, 0) is 0 Å². The highest BCUT2D eigenvalue weighted by atomic mass is 32.2. The summed E-state index contributed by atoms with van der Waals surface area (Å²) in [5.41, 5.74) is 10.9. The van der Waals surface area contributed by atoms with Crippen molar-refractivity contribution >= 4 is 45.9 Å². The summed E-state index contributed by atoms with van der Waals surface area (Å²) in [6, 6.07) is 48.4. The Morgan fingerprint density at radius 2 is 0.800 bits per heavy atom. The van der Waals surface area contributed by atoms with Gasteiger partial charge < -0.3 is 14.5 Å². The highest BCUT2D eigenvalue weighted by molar-refractivity contribution is 7.99. The van der Waals surface area contributed by atoms with E-state index in [2.05, 4.69) is 82.6 Å². The molecule has 7 aromatic carbocycles. The summed E-state index contributed by atoms with van der Waals surface area (Å²) in [4.78, 5) is 7.14. The Hall–Kier alpha value is -5.85. The van der Waals surface area contributed by atoms with Gasteiger partial charge in [0.15, 0.2) is 11.5 Å². The van der Waals surface area contributed by atoms with Crippen LogP contribution in [0.25, 0.3) is 22.3 Å². The van der Waals surface area contributed by atoms with E-state index in [0.29, 0.717) is 11.1 Å². The highest BCUT2D eigenvalue weighted by Gasteiger charge is 2.42. The molecule has 2 heterocycles. The van der Waals surface area contributed by atoms with E-state index >= 15 is 8.78 Å². The second kappa shape index (κ2) is 15.6. The third kappa shape index (κ3) is 6.22. The van der Waals surface area contributed by atoms with Gasteiger partial charge in [-0.15, -0.1) is 0 Å². The monoisotopic (exact) mass is 808 g/mol. The average Bonchev–Trinajstić information content (AvgIpc) is 3.30. The molecule has 0 saturated heterocycles. The van der Waals surface area contributed by atoms with Gasteiger partial charge in [-0.25, -0.2) is 8.78 Å². The quantitative estimate of drug-likeness (QED) is 0.166. The molecule has 4 aliphatic rings. The summed E-state index contributed by atoms with van der Waals surface area (Å²) in [7, 11) is 0. The lowest BCUT2D eigenvalue weighted by Gasteiger charge is -2.44. The molecule has 2 aliphatic carbocycles. The van der Waals surface area contributed by atoms with E-state index in [9.17, 15) is 0 Å². The van der Waals surface area contributed by atoms with Crippen LogP contribution >= 0.6 is 11.8 Å². The van der Waals surface area contributed by atoms with Gasteiger partial charge in [0, 0.05) is 37.6 Å². The van der Waals surface area contributed by atoms with Crippen LogP contribution < -0.4 is 14.5 Å². The fraction of sp³-hybridized carbons (Fsp3) is 0.222. The van der Waals surface area contributed by atoms with Crippen molar-refractivity contribution in [3.8, 4) is 33.8 Å². The van der Waals surface area contributed by atoms with Gasteiger partial charge in [-0.3, -0.25) is 0 Å². The van der Waals surface area contributed by atoms with Gasteiger partial charge in [-0.05, 0) is 104 Å². The molecular formula is C54H46F2N2OS. The van der Waals surface area contributed by atoms with Crippen LogP contribution in [0.2, 0.25) is 0 Å². The number of benzene rings is 7. The summed E-state index contributed by atoms with van der Waals surface area (Å²) >= 11 is 1.78. The van der Waals surface area contributed by atoms with Crippen LogP contribution in [0.1, 0.15) is 87.2 Å². The zero-order chi connectivity index (χ0) is 40.2. The molecular weight excluding hydrogens is 763 g/mol. The molecule has 0 unspecified atom stereocenters. The van der Waals surface area contributed by atoms with Crippen LogP contribution in [0.3, 0.4) is 0 Å². The van der Waals surface area contributed by atoms with E-state index in [1.807, 2.05) is 48.5 Å². The zero-order valence-electron chi connectivity index (χ0n) is 33.5. The van der Waals surface area contributed by atoms with Crippen molar-refractivity contribution in [2.45, 2.75) is 85.8 Å². The van der Waals surface area contributed by atoms with Gasteiger partial charge in [-0.1, -0.05) is 135 Å². The van der Waals surface area contributed by atoms with Crippen molar-refractivity contribution in [1.82, 2.24) is 0 Å². The van der Waals surface area contributed by atoms with Gasteiger partial charge in [-0.2, -0.15) is 0 Å². The number of rotatable bonds is 6. The SMILES string of the molecule is Fc1ccccc1-c1c(C2CCCCC2)c(-c2ccccc2F)c(N2c3ccccc3Sc3ccccc32)c(C2CCCCC2)c1N1c2ccccc2Oc2ccccc21. The normalized spacial score (nSPS) is 16.4. The molecule has 0 N–H and O–H groups in total. The molecule has 0 bridgehead atoms. The number of fused-ring (bicyclic) bond motifs is 4. The number of halogens is 2. The van der Waals surface area contributed by atoms with Gasteiger partial charge >= 0.3 is 0 Å². The molecule has 2 aliphatic heterocycles. The minimum atomic E-state index is -0.280. The summed E-state index contributed by atoms with van der Waals surface area (Å²) < 4.78 is 41.2. The van der Waals surface area contributed by atoms with Crippen molar-refractivity contribution in [3.05, 3.63) is 168 Å². The Bertz CT molecular complexity index is 2490. The first-order valence-corrected chi connectivity index (χ1v) is 22.5. The summed E-state index contributed by atoms with van der Waals surface area (Å²) in [6.45, 7) is 0. The number of hydrogen-bond donors (Lipinski definition) is 0. The van der Waals surface area contributed by atoms with E-state index in [4.69, 9.17) is 4.74 Å². The summed E-state index contributed by atoms with van der Waals surface area (Å²) in [5.74, 6) is 1.09. The number of anilines is 6. The average molecular weight is 809 g/mol. The molecule has 0 aromatic heterocycles. The maximum absolute atomic E-state index is 17.3. The van der Waals surface area contributed by atoms with Crippen molar-refractivity contribution < 1.29 is 13.5 Å². The topological polar surface area (TPSA) is 15.7 Å². The third-order valence-corrected chi connectivity index (χ3v) is 14.3. The summed E-state index contributed by atoms with van der Waals surface area (Å²) in [5, 5.41) is 0. The standard InChI is InChI=1S/C54H46F2N2OS/c55-39-25-9-7-23-37(39)51-49(35-19-3-1-4-20-35)52(38-24-8-10-26-40(38)56)54(58-43-29-13-17-33-47(43)60-48-34-18-14-30-44(48)58)50(36-21-5-2-6-22-36)53(51)57-41-27-11-15-31-45(41)59-46-32-16-12-28-42(46)57/h7-18,23-36H,1-6,19-22H2. The Morgan fingerprint density at radius 1 is 0.417 bits per heavy atom.